The number of hydrogen-bond donors (Lipinski definition) is 1. The summed E-state index contributed by atoms with van der Waals surface area (Å²) in [6, 6.07) is 10.2. The Balaban J connectivity index is 1.82. The summed E-state index contributed by atoms with van der Waals surface area (Å²) < 4.78 is 51.0. The molecule has 0 amide bonds. The molecule has 0 saturated heterocycles. The summed E-state index contributed by atoms with van der Waals surface area (Å²) in [5, 5.41) is 5.77. The van der Waals surface area contributed by atoms with Crippen molar-refractivity contribution in [2.75, 3.05) is 13.2 Å². The van der Waals surface area contributed by atoms with Gasteiger partial charge in [0, 0.05) is 11.8 Å². The molecule has 3 rings (SSSR count). The third-order valence-electron chi connectivity index (χ3n) is 5.70. The van der Waals surface area contributed by atoms with Gasteiger partial charge in [-0.25, -0.2) is 0 Å². The van der Waals surface area contributed by atoms with Crippen molar-refractivity contribution in [3.63, 3.8) is 0 Å². The molecular formula is C27H34F3N3O2. The molecule has 0 saturated carbocycles. The molecule has 0 aliphatic carbocycles. The Morgan fingerprint density at radius 3 is 1.94 bits per heavy atom. The van der Waals surface area contributed by atoms with E-state index in [9.17, 15) is 13.2 Å². The van der Waals surface area contributed by atoms with Crippen LogP contribution < -0.4 is 9.47 Å². The third-order valence-corrected chi connectivity index (χ3v) is 5.70. The smallest absolute Gasteiger partial charge is 0.435 e. The first kappa shape index (κ1) is 26.6. The van der Waals surface area contributed by atoms with Crippen LogP contribution in [-0.4, -0.2) is 28.4 Å². The van der Waals surface area contributed by atoms with Crippen LogP contribution in [0.4, 0.5) is 13.2 Å². The van der Waals surface area contributed by atoms with Gasteiger partial charge in [-0.15, -0.1) is 0 Å². The van der Waals surface area contributed by atoms with E-state index in [0.717, 1.165) is 55.7 Å². The van der Waals surface area contributed by atoms with Crippen molar-refractivity contribution in [3.05, 3.63) is 48.3 Å². The lowest BCUT2D eigenvalue weighted by Gasteiger charge is -2.17. The second-order valence-electron chi connectivity index (χ2n) is 8.54. The summed E-state index contributed by atoms with van der Waals surface area (Å²) in [6.07, 6.45) is 5.94. The second kappa shape index (κ2) is 13.2. The number of nitrogens with zero attached hydrogens (tertiary/aromatic N) is 2. The fourth-order valence-corrected chi connectivity index (χ4v) is 3.76. The molecule has 0 unspecified atom stereocenters. The van der Waals surface area contributed by atoms with Crippen LogP contribution in [-0.2, 0) is 6.18 Å². The van der Waals surface area contributed by atoms with E-state index in [-0.39, 0.29) is 5.69 Å². The van der Waals surface area contributed by atoms with Gasteiger partial charge in [0.05, 0.1) is 30.2 Å². The van der Waals surface area contributed by atoms with E-state index in [2.05, 4.69) is 29.0 Å². The number of benzene rings is 1. The van der Waals surface area contributed by atoms with Crippen LogP contribution in [0.5, 0.6) is 11.5 Å². The number of aromatic nitrogens is 3. The summed E-state index contributed by atoms with van der Waals surface area (Å²) in [6.45, 7) is 5.55. The molecule has 0 radical (unpaired) electrons. The number of unbranched alkanes of at least 4 members (excludes halogenated alkanes) is 6. The highest BCUT2D eigenvalue weighted by molar-refractivity contribution is 5.77. The van der Waals surface area contributed by atoms with Crippen molar-refractivity contribution in [1.29, 1.82) is 0 Å². The molecule has 0 bridgehead atoms. The van der Waals surface area contributed by atoms with Gasteiger partial charge >= 0.3 is 6.18 Å². The molecule has 2 aromatic heterocycles. The van der Waals surface area contributed by atoms with Gasteiger partial charge in [0.25, 0.3) is 0 Å². The van der Waals surface area contributed by atoms with E-state index in [1.165, 1.54) is 12.8 Å². The fraction of sp³-hybridized carbons (Fsp3) is 0.481. The third kappa shape index (κ3) is 7.73. The molecule has 5 nitrogen and oxygen atoms in total. The number of rotatable bonds is 14. The zero-order valence-electron chi connectivity index (χ0n) is 20.5. The topological polar surface area (TPSA) is 60.0 Å². The summed E-state index contributed by atoms with van der Waals surface area (Å²) in [5.74, 6) is 1.42. The Labute approximate surface area is 205 Å². The van der Waals surface area contributed by atoms with E-state index in [0.29, 0.717) is 30.4 Å². The Kier molecular flexibility index (Phi) is 9.99. The van der Waals surface area contributed by atoms with E-state index < -0.39 is 11.9 Å². The SMILES string of the molecule is CCCCCCOc1cccc(OCCCCCC)c1-c1ccc(-c2cc(C(F)(F)F)n[nH]2)nc1. The predicted octanol–water partition coefficient (Wildman–Crippen LogP) is 8.08. The number of aromatic amines is 1. The molecule has 35 heavy (non-hydrogen) atoms. The van der Waals surface area contributed by atoms with Crippen molar-refractivity contribution >= 4 is 0 Å². The van der Waals surface area contributed by atoms with E-state index in [4.69, 9.17) is 9.47 Å². The first-order chi connectivity index (χ1) is 16.9. The van der Waals surface area contributed by atoms with Crippen LogP contribution in [0, 0.1) is 0 Å². The zero-order valence-corrected chi connectivity index (χ0v) is 20.5. The highest BCUT2D eigenvalue weighted by Crippen LogP contribution is 2.39. The molecule has 190 valence electrons. The van der Waals surface area contributed by atoms with Gasteiger partial charge in [-0.05, 0) is 37.1 Å². The van der Waals surface area contributed by atoms with Crippen LogP contribution in [0.2, 0.25) is 0 Å². The van der Waals surface area contributed by atoms with Gasteiger partial charge in [-0.3, -0.25) is 10.1 Å². The van der Waals surface area contributed by atoms with E-state index >= 15 is 0 Å². The molecule has 0 aliphatic rings. The molecular weight excluding hydrogens is 455 g/mol. The average molecular weight is 490 g/mol. The quantitative estimate of drug-likeness (QED) is 0.233. The molecule has 3 aromatic rings. The van der Waals surface area contributed by atoms with Crippen LogP contribution in [0.25, 0.3) is 22.5 Å². The lowest BCUT2D eigenvalue weighted by Crippen LogP contribution is -2.04. The highest BCUT2D eigenvalue weighted by atomic mass is 19.4. The second-order valence-corrected chi connectivity index (χ2v) is 8.54. The standard InChI is InChI=1S/C27H34F3N3O2/c1-3-5-7-9-16-34-23-12-11-13-24(35-17-10-8-6-4-2)26(23)20-14-15-21(31-19-20)22-18-25(33-32-22)27(28,29)30/h11-15,18-19H,3-10,16-17H2,1-2H3,(H,32,33). The van der Waals surface area contributed by atoms with Gasteiger partial charge in [0.15, 0.2) is 5.69 Å². The first-order valence-electron chi connectivity index (χ1n) is 12.4. The number of nitrogens with one attached hydrogen (secondary N) is 1. The van der Waals surface area contributed by atoms with E-state index in [1.54, 1.807) is 12.3 Å². The number of H-pyrrole nitrogens is 1. The maximum absolute atomic E-state index is 12.9. The van der Waals surface area contributed by atoms with E-state index in [1.807, 2.05) is 24.3 Å². The van der Waals surface area contributed by atoms with Crippen molar-refractivity contribution in [1.82, 2.24) is 15.2 Å². The Morgan fingerprint density at radius 1 is 0.829 bits per heavy atom. The first-order valence-corrected chi connectivity index (χ1v) is 12.4. The number of hydrogen-bond acceptors (Lipinski definition) is 4. The minimum Gasteiger partial charge on any atom is -0.493 e. The monoisotopic (exact) mass is 489 g/mol. The van der Waals surface area contributed by atoms with Gasteiger partial charge in [-0.2, -0.15) is 18.3 Å². The predicted molar refractivity (Wildman–Crippen MR) is 132 cm³/mol. The normalized spacial score (nSPS) is 11.6. The lowest BCUT2D eigenvalue weighted by molar-refractivity contribution is -0.141. The number of pyridine rings is 1. The van der Waals surface area contributed by atoms with Crippen LogP contribution in [0.15, 0.2) is 42.6 Å². The molecule has 1 aromatic carbocycles. The van der Waals surface area contributed by atoms with Crippen LogP contribution in [0.1, 0.15) is 70.9 Å². The number of ether oxygens (including phenoxy) is 2. The maximum atomic E-state index is 12.9. The summed E-state index contributed by atoms with van der Waals surface area (Å²) in [4.78, 5) is 4.39. The summed E-state index contributed by atoms with van der Waals surface area (Å²) in [5.41, 5.74) is 1.18. The van der Waals surface area contributed by atoms with Gasteiger partial charge < -0.3 is 9.47 Å². The van der Waals surface area contributed by atoms with Crippen LogP contribution >= 0.6 is 0 Å². The Bertz CT molecular complexity index is 1000. The molecule has 0 spiro atoms. The maximum Gasteiger partial charge on any atom is 0.435 e. The number of halogens is 3. The fourth-order valence-electron chi connectivity index (χ4n) is 3.76. The Morgan fingerprint density at radius 2 is 1.46 bits per heavy atom. The van der Waals surface area contributed by atoms with Gasteiger partial charge in [0.1, 0.15) is 11.5 Å². The van der Waals surface area contributed by atoms with Gasteiger partial charge in [-0.1, -0.05) is 64.5 Å². The van der Waals surface area contributed by atoms with Crippen LogP contribution in [0.3, 0.4) is 0 Å². The molecule has 8 heteroatoms. The molecule has 0 atom stereocenters. The number of alkyl halides is 3. The summed E-state index contributed by atoms with van der Waals surface area (Å²) >= 11 is 0. The average Bonchev–Trinajstić information content (AvgIpc) is 3.35. The van der Waals surface area contributed by atoms with Gasteiger partial charge in [0.2, 0.25) is 0 Å². The van der Waals surface area contributed by atoms with Crippen molar-refractivity contribution in [3.8, 4) is 34.0 Å². The molecule has 0 fully saturated rings. The minimum absolute atomic E-state index is 0.205. The van der Waals surface area contributed by atoms with Crippen molar-refractivity contribution < 1.29 is 22.6 Å². The molecule has 0 aliphatic heterocycles. The van der Waals surface area contributed by atoms with Crippen molar-refractivity contribution in [2.24, 2.45) is 0 Å². The zero-order chi connectivity index (χ0) is 25.1. The van der Waals surface area contributed by atoms with Crippen molar-refractivity contribution in [2.45, 2.75) is 71.4 Å². The highest BCUT2D eigenvalue weighted by Gasteiger charge is 2.34. The molecule has 1 N–H and O–H groups in total. The largest absolute Gasteiger partial charge is 0.493 e. The Hall–Kier alpha value is -3.03. The lowest BCUT2D eigenvalue weighted by atomic mass is 10.0. The molecule has 2 heterocycles. The summed E-state index contributed by atoms with van der Waals surface area (Å²) in [7, 11) is 0. The minimum atomic E-state index is -4.51.